The van der Waals surface area contributed by atoms with Crippen LogP contribution in [0.25, 0.3) is 0 Å². The molecule has 10 heteroatoms. The standard InChI is InChI=1S/C26H25F6NO3/c1-2-17-6-3-9-20(12-17)35-22-11-5-8-19(14-22)33(16-23(34)26(30,31)32)15-18-7-4-10-21(13-18)36-25(29)24(27)28/h3-14,23-25,34H,2,15-16H2,1H3/t23-,25?/m1/s1. The quantitative estimate of drug-likeness (QED) is 0.283. The maximum absolute atomic E-state index is 13.3. The van der Waals surface area contributed by atoms with Crippen LogP contribution in [0.15, 0.2) is 72.8 Å². The average molecular weight is 513 g/mol. The van der Waals surface area contributed by atoms with Gasteiger partial charge in [0.2, 0.25) is 0 Å². The van der Waals surface area contributed by atoms with Crippen LogP contribution in [-0.4, -0.2) is 36.7 Å². The lowest BCUT2D eigenvalue weighted by atomic mass is 10.1. The third-order valence-corrected chi connectivity index (χ3v) is 5.21. The minimum Gasteiger partial charge on any atom is -0.457 e. The summed E-state index contributed by atoms with van der Waals surface area (Å²) in [6.45, 7) is 1.02. The van der Waals surface area contributed by atoms with Crippen molar-refractivity contribution in [2.45, 2.75) is 45.0 Å². The molecule has 3 aromatic rings. The molecule has 0 aliphatic carbocycles. The predicted octanol–water partition coefficient (Wildman–Crippen LogP) is 6.91. The average Bonchev–Trinajstić information content (AvgIpc) is 2.83. The van der Waals surface area contributed by atoms with Crippen LogP contribution in [0.4, 0.5) is 32.0 Å². The summed E-state index contributed by atoms with van der Waals surface area (Å²) in [7, 11) is 0. The molecule has 2 atom stereocenters. The zero-order valence-electron chi connectivity index (χ0n) is 19.3. The molecule has 0 saturated carbocycles. The van der Waals surface area contributed by atoms with E-state index in [1.54, 1.807) is 24.3 Å². The van der Waals surface area contributed by atoms with Crippen molar-refractivity contribution in [3.63, 3.8) is 0 Å². The van der Waals surface area contributed by atoms with E-state index in [-0.39, 0.29) is 12.3 Å². The number of nitrogens with zero attached hydrogens (tertiary/aromatic N) is 1. The second kappa shape index (κ2) is 12.0. The molecule has 0 spiro atoms. The molecule has 3 rings (SSSR count). The van der Waals surface area contributed by atoms with Gasteiger partial charge in [0.15, 0.2) is 6.10 Å². The Bertz CT molecular complexity index is 1120. The fourth-order valence-electron chi connectivity index (χ4n) is 3.40. The highest BCUT2D eigenvalue weighted by atomic mass is 19.4. The highest BCUT2D eigenvalue weighted by Gasteiger charge is 2.39. The number of halogens is 6. The van der Waals surface area contributed by atoms with Gasteiger partial charge in [0, 0.05) is 18.3 Å². The van der Waals surface area contributed by atoms with Crippen LogP contribution in [0.1, 0.15) is 18.1 Å². The summed E-state index contributed by atoms with van der Waals surface area (Å²) in [5.74, 6) is 0.712. The second-order valence-electron chi connectivity index (χ2n) is 7.99. The largest absolute Gasteiger partial charge is 0.457 e. The normalized spacial score (nSPS) is 13.4. The Labute approximate surface area is 204 Å². The molecule has 0 aliphatic heterocycles. The molecule has 1 unspecified atom stereocenters. The molecule has 0 aliphatic rings. The van der Waals surface area contributed by atoms with Crippen LogP contribution in [0.3, 0.4) is 0 Å². The van der Waals surface area contributed by atoms with Gasteiger partial charge in [-0.25, -0.2) is 8.78 Å². The van der Waals surface area contributed by atoms with Gasteiger partial charge in [-0.2, -0.15) is 17.6 Å². The summed E-state index contributed by atoms with van der Waals surface area (Å²) in [6.07, 6.45) is -12.9. The number of aliphatic hydroxyl groups excluding tert-OH is 1. The summed E-state index contributed by atoms with van der Waals surface area (Å²) in [4.78, 5) is 1.26. The van der Waals surface area contributed by atoms with E-state index in [0.717, 1.165) is 12.0 Å². The topological polar surface area (TPSA) is 41.9 Å². The molecular formula is C26H25F6NO3. The molecule has 36 heavy (non-hydrogen) atoms. The fourth-order valence-corrected chi connectivity index (χ4v) is 3.40. The van der Waals surface area contributed by atoms with Crippen molar-refractivity contribution in [3.8, 4) is 17.2 Å². The molecule has 0 radical (unpaired) electrons. The van der Waals surface area contributed by atoms with Crippen molar-refractivity contribution in [1.82, 2.24) is 0 Å². The first-order valence-electron chi connectivity index (χ1n) is 11.1. The van der Waals surface area contributed by atoms with E-state index < -0.39 is 31.6 Å². The first kappa shape index (κ1) is 27.2. The first-order chi connectivity index (χ1) is 17.0. The van der Waals surface area contributed by atoms with Gasteiger partial charge in [-0.15, -0.1) is 0 Å². The molecule has 0 heterocycles. The van der Waals surface area contributed by atoms with E-state index in [9.17, 15) is 31.4 Å². The van der Waals surface area contributed by atoms with Gasteiger partial charge in [0.1, 0.15) is 17.2 Å². The number of aliphatic hydroxyl groups is 1. The molecule has 0 fully saturated rings. The lowest BCUT2D eigenvalue weighted by molar-refractivity contribution is -0.200. The van der Waals surface area contributed by atoms with Crippen LogP contribution in [0, 0.1) is 0 Å². The fraction of sp³-hybridized carbons (Fsp3) is 0.308. The van der Waals surface area contributed by atoms with Crippen molar-refractivity contribution < 1.29 is 40.9 Å². The Hall–Kier alpha value is -3.40. The van der Waals surface area contributed by atoms with Gasteiger partial charge >= 0.3 is 12.6 Å². The van der Waals surface area contributed by atoms with Gasteiger partial charge in [-0.05, 0) is 53.9 Å². The van der Waals surface area contributed by atoms with Crippen molar-refractivity contribution >= 4 is 5.69 Å². The van der Waals surface area contributed by atoms with Crippen molar-refractivity contribution in [3.05, 3.63) is 83.9 Å². The van der Waals surface area contributed by atoms with E-state index in [1.807, 2.05) is 25.1 Å². The summed E-state index contributed by atoms with van der Waals surface area (Å²) in [6, 6.07) is 19.1. The van der Waals surface area contributed by atoms with E-state index in [4.69, 9.17) is 4.74 Å². The maximum Gasteiger partial charge on any atom is 0.416 e. The van der Waals surface area contributed by atoms with E-state index in [2.05, 4.69) is 4.74 Å². The monoisotopic (exact) mass is 513 g/mol. The number of rotatable bonds is 11. The van der Waals surface area contributed by atoms with Gasteiger partial charge in [0.25, 0.3) is 6.36 Å². The Kier molecular flexibility index (Phi) is 9.08. The Morgan fingerprint density at radius 1 is 0.833 bits per heavy atom. The Balaban J connectivity index is 1.87. The van der Waals surface area contributed by atoms with Crippen molar-refractivity contribution in [1.29, 1.82) is 0 Å². The van der Waals surface area contributed by atoms with Gasteiger partial charge < -0.3 is 19.5 Å². The lowest BCUT2D eigenvalue weighted by Crippen LogP contribution is -2.40. The van der Waals surface area contributed by atoms with Crippen LogP contribution < -0.4 is 14.4 Å². The summed E-state index contributed by atoms with van der Waals surface area (Å²) < 4.78 is 88.1. The second-order valence-corrected chi connectivity index (χ2v) is 7.99. The Morgan fingerprint density at radius 2 is 1.42 bits per heavy atom. The summed E-state index contributed by atoms with van der Waals surface area (Å²) in [5.41, 5.74) is 1.71. The number of aryl methyl sites for hydroxylation is 1. The number of hydrogen-bond acceptors (Lipinski definition) is 4. The number of benzene rings is 3. The van der Waals surface area contributed by atoms with Crippen molar-refractivity contribution in [2.75, 3.05) is 11.4 Å². The highest BCUT2D eigenvalue weighted by Crippen LogP contribution is 2.30. The zero-order valence-corrected chi connectivity index (χ0v) is 19.3. The smallest absolute Gasteiger partial charge is 0.416 e. The third kappa shape index (κ3) is 7.81. The Morgan fingerprint density at radius 3 is 2.06 bits per heavy atom. The molecule has 4 nitrogen and oxygen atoms in total. The minimum absolute atomic E-state index is 0.162. The van der Waals surface area contributed by atoms with E-state index in [1.165, 1.54) is 35.2 Å². The summed E-state index contributed by atoms with van der Waals surface area (Å²) >= 11 is 0. The predicted molar refractivity (Wildman–Crippen MR) is 123 cm³/mol. The molecule has 194 valence electrons. The third-order valence-electron chi connectivity index (χ3n) is 5.21. The van der Waals surface area contributed by atoms with Crippen LogP contribution in [0.2, 0.25) is 0 Å². The molecular weight excluding hydrogens is 488 g/mol. The molecule has 0 bridgehead atoms. The molecule has 0 amide bonds. The first-order valence-corrected chi connectivity index (χ1v) is 11.1. The van der Waals surface area contributed by atoms with Crippen molar-refractivity contribution in [2.24, 2.45) is 0 Å². The number of ether oxygens (including phenoxy) is 2. The SMILES string of the molecule is CCc1cccc(Oc2cccc(N(Cc3cccc(OC(F)C(F)F)c3)C[C@@H](O)C(F)(F)F)c2)c1. The number of hydrogen-bond donors (Lipinski definition) is 1. The molecule has 1 N–H and O–H groups in total. The van der Waals surface area contributed by atoms with Crippen LogP contribution >= 0.6 is 0 Å². The molecule has 3 aromatic carbocycles. The maximum atomic E-state index is 13.3. The molecule has 0 aromatic heterocycles. The van der Waals surface area contributed by atoms with Crippen LogP contribution in [-0.2, 0) is 13.0 Å². The van der Waals surface area contributed by atoms with E-state index >= 15 is 0 Å². The van der Waals surface area contributed by atoms with Gasteiger partial charge in [0.05, 0.1) is 6.54 Å². The summed E-state index contributed by atoms with van der Waals surface area (Å²) in [5, 5.41) is 9.74. The van der Waals surface area contributed by atoms with Crippen LogP contribution in [0.5, 0.6) is 17.2 Å². The number of anilines is 1. The minimum atomic E-state index is -4.86. The van der Waals surface area contributed by atoms with Gasteiger partial charge in [-0.3, -0.25) is 0 Å². The van der Waals surface area contributed by atoms with Gasteiger partial charge in [-0.1, -0.05) is 37.3 Å². The zero-order chi connectivity index (χ0) is 26.3. The molecule has 0 saturated heterocycles. The van der Waals surface area contributed by atoms with E-state index in [0.29, 0.717) is 22.7 Å². The number of alkyl halides is 6. The lowest BCUT2D eigenvalue weighted by Gasteiger charge is -2.29. The highest BCUT2D eigenvalue weighted by molar-refractivity contribution is 5.52.